The van der Waals surface area contributed by atoms with E-state index in [4.69, 9.17) is 21.7 Å². The molecular formula is C17H10N2O5S2. The highest BCUT2D eigenvalue weighted by molar-refractivity contribution is 8.27. The third-order valence-electron chi connectivity index (χ3n) is 3.81. The Morgan fingerprint density at radius 1 is 1.19 bits per heavy atom. The van der Waals surface area contributed by atoms with Gasteiger partial charge in [-0.05, 0) is 24.3 Å². The van der Waals surface area contributed by atoms with Crippen molar-refractivity contribution < 1.29 is 19.2 Å². The number of hydrogen-bond donors (Lipinski definition) is 0. The van der Waals surface area contributed by atoms with Crippen molar-refractivity contribution in [2.24, 2.45) is 0 Å². The Bertz CT molecular complexity index is 975. The highest BCUT2D eigenvalue weighted by Gasteiger charge is 2.34. The summed E-state index contributed by atoms with van der Waals surface area (Å²) in [6, 6.07) is 11.8. The first-order valence-corrected chi connectivity index (χ1v) is 8.68. The third-order valence-corrected chi connectivity index (χ3v) is 5.12. The zero-order valence-corrected chi connectivity index (χ0v) is 14.7. The molecule has 4 rings (SSSR count). The van der Waals surface area contributed by atoms with Crippen molar-refractivity contribution in [3.05, 3.63) is 63.0 Å². The van der Waals surface area contributed by atoms with Gasteiger partial charge in [-0.15, -0.1) is 0 Å². The van der Waals surface area contributed by atoms with Crippen molar-refractivity contribution in [1.29, 1.82) is 0 Å². The minimum Gasteiger partial charge on any atom is -0.454 e. The average Bonchev–Trinajstić information content (AvgIpc) is 3.19. The molecule has 0 radical (unpaired) electrons. The van der Waals surface area contributed by atoms with E-state index in [2.05, 4.69) is 0 Å². The number of nitro groups is 1. The van der Waals surface area contributed by atoms with Crippen LogP contribution < -0.4 is 14.4 Å². The molecule has 1 saturated heterocycles. The lowest BCUT2D eigenvalue weighted by molar-refractivity contribution is -0.385. The van der Waals surface area contributed by atoms with Gasteiger partial charge in [0.1, 0.15) is 0 Å². The van der Waals surface area contributed by atoms with Gasteiger partial charge in [-0.25, -0.2) is 0 Å². The fourth-order valence-corrected chi connectivity index (χ4v) is 3.92. The number of nitrogens with zero attached hydrogens (tertiary/aromatic N) is 2. The molecule has 130 valence electrons. The van der Waals surface area contributed by atoms with Crippen LogP contribution in [0.4, 0.5) is 11.4 Å². The molecule has 1 fully saturated rings. The maximum atomic E-state index is 12.8. The van der Waals surface area contributed by atoms with E-state index in [9.17, 15) is 14.9 Å². The van der Waals surface area contributed by atoms with Crippen LogP contribution in [0, 0.1) is 10.1 Å². The minimum absolute atomic E-state index is 0.00602. The van der Waals surface area contributed by atoms with Crippen LogP contribution in [0.1, 0.15) is 5.56 Å². The highest BCUT2D eigenvalue weighted by atomic mass is 32.2. The SMILES string of the molecule is O=C1/C(=C\c2cc3c(cc2[N+](=O)[O-])OCO3)SC(=S)N1c1ccccc1. The van der Waals surface area contributed by atoms with Gasteiger partial charge in [0.05, 0.1) is 27.1 Å². The smallest absolute Gasteiger partial charge is 0.280 e. The topological polar surface area (TPSA) is 81.9 Å². The molecule has 1 amide bonds. The first-order chi connectivity index (χ1) is 12.5. The second-order valence-corrected chi connectivity index (χ2v) is 7.05. The van der Waals surface area contributed by atoms with E-state index in [1.54, 1.807) is 24.3 Å². The number of hydrogen-bond acceptors (Lipinski definition) is 7. The second kappa shape index (κ2) is 6.43. The van der Waals surface area contributed by atoms with Crippen LogP contribution in [-0.2, 0) is 4.79 Å². The molecule has 9 heteroatoms. The van der Waals surface area contributed by atoms with Crippen LogP contribution in [0.25, 0.3) is 6.08 Å². The van der Waals surface area contributed by atoms with E-state index in [0.29, 0.717) is 26.4 Å². The standard InChI is InChI=1S/C17H10N2O5S2/c20-16-15(26-17(25)18(16)11-4-2-1-3-5-11)7-10-6-13-14(24-9-23-13)8-12(10)19(21)22/h1-8H,9H2/b15-7+. The molecule has 7 nitrogen and oxygen atoms in total. The number of fused-ring (bicyclic) bond motifs is 1. The van der Waals surface area contributed by atoms with Crippen molar-refractivity contribution in [3.63, 3.8) is 0 Å². The summed E-state index contributed by atoms with van der Waals surface area (Å²) in [5.74, 6) is 0.393. The van der Waals surface area contributed by atoms with Gasteiger partial charge in [0.25, 0.3) is 11.6 Å². The number of benzene rings is 2. The van der Waals surface area contributed by atoms with Crippen LogP contribution in [0.5, 0.6) is 11.5 Å². The summed E-state index contributed by atoms with van der Waals surface area (Å²) < 4.78 is 10.8. The Morgan fingerprint density at radius 3 is 2.58 bits per heavy atom. The molecule has 0 atom stereocenters. The van der Waals surface area contributed by atoms with Crippen molar-refractivity contribution in [1.82, 2.24) is 0 Å². The Balaban J connectivity index is 1.75. The first-order valence-electron chi connectivity index (χ1n) is 7.45. The van der Waals surface area contributed by atoms with Crippen LogP contribution >= 0.6 is 24.0 Å². The van der Waals surface area contributed by atoms with E-state index in [1.807, 2.05) is 6.07 Å². The Kier molecular flexibility index (Phi) is 4.09. The average molecular weight is 386 g/mol. The number of carbonyl (C=O) groups is 1. The molecule has 2 heterocycles. The fourth-order valence-electron chi connectivity index (χ4n) is 2.63. The fraction of sp³-hybridized carbons (Fsp3) is 0.0588. The molecule has 0 unspecified atom stereocenters. The molecule has 2 aromatic rings. The maximum Gasteiger partial charge on any atom is 0.280 e. The van der Waals surface area contributed by atoms with E-state index < -0.39 is 4.92 Å². The van der Waals surface area contributed by atoms with Crippen LogP contribution in [-0.4, -0.2) is 21.9 Å². The van der Waals surface area contributed by atoms with E-state index in [0.717, 1.165) is 11.8 Å². The van der Waals surface area contributed by atoms with Crippen LogP contribution in [0.15, 0.2) is 47.4 Å². The summed E-state index contributed by atoms with van der Waals surface area (Å²) in [4.78, 5) is 25.3. The molecule has 2 aliphatic rings. The van der Waals surface area contributed by atoms with Crippen molar-refractivity contribution in [2.75, 3.05) is 11.7 Å². The van der Waals surface area contributed by atoms with Gasteiger partial charge in [0.2, 0.25) is 6.79 Å². The first kappa shape index (κ1) is 16.6. The van der Waals surface area contributed by atoms with E-state index in [1.165, 1.54) is 23.1 Å². The molecular weight excluding hydrogens is 376 g/mol. The number of amides is 1. The Labute approximate surface area is 157 Å². The van der Waals surface area contributed by atoms with E-state index in [-0.39, 0.29) is 24.0 Å². The van der Waals surface area contributed by atoms with Gasteiger partial charge in [-0.2, -0.15) is 0 Å². The van der Waals surface area contributed by atoms with Crippen molar-refractivity contribution >= 4 is 51.7 Å². The Hall–Kier alpha value is -2.91. The molecule has 0 spiro atoms. The zero-order chi connectivity index (χ0) is 18.3. The number of nitro benzene ring substituents is 1. The summed E-state index contributed by atoms with van der Waals surface area (Å²) >= 11 is 6.40. The predicted octanol–water partition coefficient (Wildman–Crippen LogP) is 3.73. The summed E-state index contributed by atoms with van der Waals surface area (Å²) in [6.45, 7) is 0.00602. The van der Waals surface area contributed by atoms with Crippen molar-refractivity contribution in [2.45, 2.75) is 0 Å². The maximum absolute atomic E-state index is 12.8. The van der Waals surface area contributed by atoms with Crippen LogP contribution in [0.3, 0.4) is 0 Å². The molecule has 0 bridgehead atoms. The third kappa shape index (κ3) is 2.80. The molecule has 26 heavy (non-hydrogen) atoms. The second-order valence-electron chi connectivity index (χ2n) is 5.37. The number of thiocarbonyl (C=S) groups is 1. The lowest BCUT2D eigenvalue weighted by Crippen LogP contribution is -2.27. The number of anilines is 1. The largest absolute Gasteiger partial charge is 0.454 e. The predicted molar refractivity (Wildman–Crippen MR) is 101 cm³/mol. The lowest BCUT2D eigenvalue weighted by atomic mass is 10.1. The van der Waals surface area contributed by atoms with Gasteiger partial charge in [-0.3, -0.25) is 19.8 Å². The molecule has 0 aromatic heterocycles. The number of para-hydroxylation sites is 1. The normalized spacial score (nSPS) is 17.2. The van der Waals surface area contributed by atoms with Crippen molar-refractivity contribution in [3.8, 4) is 11.5 Å². The van der Waals surface area contributed by atoms with Gasteiger partial charge in [0, 0.05) is 0 Å². The number of carbonyl (C=O) groups excluding carboxylic acids is 1. The summed E-state index contributed by atoms with van der Waals surface area (Å²) in [5.41, 5.74) is 0.741. The number of thioether (sulfide) groups is 1. The minimum atomic E-state index is -0.522. The van der Waals surface area contributed by atoms with Gasteiger partial charge in [0.15, 0.2) is 15.8 Å². The summed E-state index contributed by atoms with van der Waals surface area (Å²) in [5, 5.41) is 11.4. The van der Waals surface area contributed by atoms with E-state index >= 15 is 0 Å². The van der Waals surface area contributed by atoms with Gasteiger partial charge < -0.3 is 9.47 Å². The van der Waals surface area contributed by atoms with Gasteiger partial charge >= 0.3 is 0 Å². The lowest BCUT2D eigenvalue weighted by Gasteiger charge is -2.13. The summed E-state index contributed by atoms with van der Waals surface area (Å²) in [6.07, 6.45) is 1.46. The van der Waals surface area contributed by atoms with Gasteiger partial charge in [-0.1, -0.05) is 42.2 Å². The molecule has 2 aromatic carbocycles. The highest BCUT2D eigenvalue weighted by Crippen LogP contribution is 2.41. The zero-order valence-electron chi connectivity index (χ0n) is 13.1. The quantitative estimate of drug-likeness (QED) is 0.344. The monoisotopic (exact) mass is 386 g/mol. The molecule has 2 aliphatic heterocycles. The molecule has 0 saturated carbocycles. The number of rotatable bonds is 3. The van der Waals surface area contributed by atoms with Crippen LogP contribution in [0.2, 0.25) is 0 Å². The molecule has 0 aliphatic carbocycles. The summed E-state index contributed by atoms with van der Waals surface area (Å²) in [7, 11) is 0. The number of ether oxygens (including phenoxy) is 2. The molecule has 0 N–H and O–H groups in total. The Morgan fingerprint density at radius 2 is 1.88 bits per heavy atom.